The second-order valence-electron chi connectivity index (χ2n) is 3.93. The van der Waals surface area contributed by atoms with Crippen LogP contribution in [0.1, 0.15) is 10.4 Å². The van der Waals surface area contributed by atoms with Gasteiger partial charge in [0.05, 0.1) is 17.3 Å². The van der Waals surface area contributed by atoms with Crippen molar-refractivity contribution in [2.24, 2.45) is 0 Å². The number of halogens is 1. The molecular weight excluding hydrogens is 360 g/mol. The van der Waals surface area contributed by atoms with Crippen molar-refractivity contribution in [2.75, 3.05) is 11.8 Å². The molecule has 0 unspecified atom stereocenters. The lowest BCUT2D eigenvalue weighted by molar-refractivity contribution is 0.0963. The number of carbonyl (C=O) groups is 1. The number of sulfonamides is 1. The lowest BCUT2D eigenvalue weighted by Gasteiger charge is -2.07. The van der Waals surface area contributed by atoms with E-state index < -0.39 is 10.0 Å². The van der Waals surface area contributed by atoms with Crippen LogP contribution in [0.15, 0.2) is 46.2 Å². The molecule has 0 saturated heterocycles. The summed E-state index contributed by atoms with van der Waals surface area (Å²) in [4.78, 5) is 19.2. The van der Waals surface area contributed by atoms with Gasteiger partial charge in [0.1, 0.15) is 4.60 Å². The summed E-state index contributed by atoms with van der Waals surface area (Å²) in [5, 5.41) is 2.46. The number of rotatable bonds is 4. The number of benzene rings is 1. The van der Waals surface area contributed by atoms with E-state index in [9.17, 15) is 13.2 Å². The lowest BCUT2D eigenvalue weighted by Crippen LogP contribution is -2.18. The van der Waals surface area contributed by atoms with Crippen LogP contribution in [0, 0.1) is 0 Å². The zero-order valence-corrected chi connectivity index (χ0v) is 13.3. The van der Waals surface area contributed by atoms with Crippen molar-refractivity contribution in [3.63, 3.8) is 0 Å². The molecule has 0 atom stereocenters. The number of amides is 1. The van der Waals surface area contributed by atoms with Crippen molar-refractivity contribution >= 4 is 37.7 Å². The minimum Gasteiger partial charge on any atom is -0.355 e. The SMILES string of the molecule is CNC(=O)c1ccc(S(=O)(=O)Nc2cnc(Br)cn2)cc1. The topological polar surface area (TPSA) is 101 Å². The van der Waals surface area contributed by atoms with E-state index in [4.69, 9.17) is 0 Å². The van der Waals surface area contributed by atoms with Gasteiger partial charge in [0.2, 0.25) is 0 Å². The average molecular weight is 371 g/mol. The van der Waals surface area contributed by atoms with Gasteiger partial charge in [-0.25, -0.2) is 18.4 Å². The van der Waals surface area contributed by atoms with Crippen molar-refractivity contribution in [2.45, 2.75) is 4.90 Å². The van der Waals surface area contributed by atoms with Gasteiger partial charge in [0, 0.05) is 12.6 Å². The molecule has 7 nitrogen and oxygen atoms in total. The van der Waals surface area contributed by atoms with E-state index in [1.54, 1.807) is 0 Å². The molecule has 0 fully saturated rings. The third-order valence-electron chi connectivity index (χ3n) is 2.51. The molecule has 1 aromatic heterocycles. The second kappa shape index (κ2) is 6.19. The predicted molar refractivity (Wildman–Crippen MR) is 80.4 cm³/mol. The summed E-state index contributed by atoms with van der Waals surface area (Å²) in [5.41, 5.74) is 0.375. The quantitative estimate of drug-likeness (QED) is 0.846. The van der Waals surface area contributed by atoms with Crippen LogP contribution in [0.2, 0.25) is 0 Å². The fourth-order valence-electron chi connectivity index (χ4n) is 1.49. The maximum absolute atomic E-state index is 12.1. The number of anilines is 1. The summed E-state index contributed by atoms with van der Waals surface area (Å²) in [5.74, 6) is -0.181. The number of nitrogens with one attached hydrogen (secondary N) is 2. The van der Waals surface area contributed by atoms with Gasteiger partial charge in [0.15, 0.2) is 5.82 Å². The normalized spacial score (nSPS) is 11.0. The van der Waals surface area contributed by atoms with Crippen molar-refractivity contribution in [1.82, 2.24) is 15.3 Å². The summed E-state index contributed by atoms with van der Waals surface area (Å²) in [6, 6.07) is 5.56. The van der Waals surface area contributed by atoms with Gasteiger partial charge < -0.3 is 5.32 Å². The van der Waals surface area contributed by atoms with Gasteiger partial charge in [-0.1, -0.05) is 0 Å². The molecule has 0 spiro atoms. The van der Waals surface area contributed by atoms with Gasteiger partial charge in [-0.15, -0.1) is 0 Å². The van der Waals surface area contributed by atoms with Gasteiger partial charge >= 0.3 is 0 Å². The monoisotopic (exact) mass is 370 g/mol. The lowest BCUT2D eigenvalue weighted by atomic mass is 10.2. The molecule has 0 aliphatic heterocycles. The van der Waals surface area contributed by atoms with E-state index in [0.29, 0.717) is 10.2 Å². The largest absolute Gasteiger partial charge is 0.355 e. The Morgan fingerprint density at radius 3 is 2.33 bits per heavy atom. The van der Waals surface area contributed by atoms with Crippen LogP contribution in [-0.2, 0) is 10.0 Å². The highest BCUT2D eigenvalue weighted by Gasteiger charge is 2.15. The first kappa shape index (κ1) is 15.4. The third kappa shape index (κ3) is 3.76. The standard InChI is InChI=1S/C12H11BrN4O3S/c1-14-12(18)8-2-4-9(5-3-8)21(19,20)17-11-7-15-10(13)6-16-11/h2-7H,1H3,(H,14,18)(H,16,17). The Bertz CT molecular complexity index is 745. The second-order valence-corrected chi connectivity index (χ2v) is 6.43. The Morgan fingerprint density at radius 2 is 1.81 bits per heavy atom. The molecule has 2 rings (SSSR count). The van der Waals surface area contributed by atoms with Crippen molar-refractivity contribution < 1.29 is 13.2 Å². The van der Waals surface area contributed by atoms with Crippen LogP contribution in [0.5, 0.6) is 0 Å². The highest BCUT2D eigenvalue weighted by atomic mass is 79.9. The van der Waals surface area contributed by atoms with Crippen LogP contribution >= 0.6 is 15.9 Å². The molecule has 1 heterocycles. The van der Waals surface area contributed by atoms with E-state index in [-0.39, 0.29) is 16.6 Å². The van der Waals surface area contributed by atoms with Gasteiger partial charge in [-0.2, -0.15) is 0 Å². The minimum absolute atomic E-state index is 0.0277. The number of hydrogen-bond acceptors (Lipinski definition) is 5. The smallest absolute Gasteiger partial charge is 0.263 e. The third-order valence-corrected chi connectivity index (χ3v) is 4.29. The molecule has 0 aliphatic carbocycles. The maximum Gasteiger partial charge on any atom is 0.263 e. The molecule has 1 aromatic carbocycles. The van der Waals surface area contributed by atoms with Gasteiger partial charge in [0.25, 0.3) is 15.9 Å². The number of hydrogen-bond donors (Lipinski definition) is 2. The fourth-order valence-corrected chi connectivity index (χ4v) is 2.69. The van der Waals surface area contributed by atoms with Crippen LogP contribution in [-0.4, -0.2) is 31.3 Å². The molecule has 0 bridgehead atoms. The van der Waals surface area contributed by atoms with E-state index >= 15 is 0 Å². The average Bonchev–Trinajstić information content (AvgIpc) is 2.49. The molecule has 0 radical (unpaired) electrons. The Balaban J connectivity index is 2.23. The number of aromatic nitrogens is 2. The minimum atomic E-state index is -3.77. The summed E-state index contributed by atoms with van der Waals surface area (Å²) in [6.07, 6.45) is 2.67. The van der Waals surface area contributed by atoms with Crippen LogP contribution in [0.25, 0.3) is 0 Å². The Kier molecular flexibility index (Phi) is 4.53. The molecule has 0 aliphatic rings. The van der Waals surface area contributed by atoms with E-state index in [1.807, 2.05) is 0 Å². The van der Waals surface area contributed by atoms with Crippen LogP contribution in [0.3, 0.4) is 0 Å². The van der Waals surface area contributed by atoms with Crippen molar-refractivity contribution in [3.05, 3.63) is 46.8 Å². The van der Waals surface area contributed by atoms with Crippen LogP contribution in [0.4, 0.5) is 5.82 Å². The number of carbonyl (C=O) groups excluding carboxylic acids is 1. The molecule has 9 heteroatoms. The van der Waals surface area contributed by atoms with Crippen molar-refractivity contribution in [1.29, 1.82) is 0 Å². The Morgan fingerprint density at radius 1 is 1.14 bits per heavy atom. The van der Waals surface area contributed by atoms with E-state index in [2.05, 4.69) is 35.9 Å². The maximum atomic E-state index is 12.1. The van der Waals surface area contributed by atoms with E-state index in [1.165, 1.54) is 43.7 Å². The van der Waals surface area contributed by atoms with Gasteiger partial charge in [-0.05, 0) is 40.2 Å². The number of nitrogens with zero attached hydrogens (tertiary/aromatic N) is 2. The predicted octanol–water partition coefficient (Wildman–Crippen LogP) is 1.40. The Labute approximate surface area is 130 Å². The highest BCUT2D eigenvalue weighted by Crippen LogP contribution is 2.15. The van der Waals surface area contributed by atoms with E-state index in [0.717, 1.165) is 0 Å². The zero-order valence-electron chi connectivity index (χ0n) is 10.9. The first-order valence-corrected chi connectivity index (χ1v) is 8.02. The van der Waals surface area contributed by atoms with Gasteiger partial charge in [-0.3, -0.25) is 9.52 Å². The van der Waals surface area contributed by atoms with Crippen molar-refractivity contribution in [3.8, 4) is 0 Å². The highest BCUT2D eigenvalue weighted by molar-refractivity contribution is 9.10. The Hall–Kier alpha value is -2.00. The molecule has 1 amide bonds. The summed E-state index contributed by atoms with van der Waals surface area (Å²) < 4.78 is 27.1. The molecular formula is C12H11BrN4O3S. The molecule has 110 valence electrons. The summed E-state index contributed by atoms with van der Waals surface area (Å²) >= 11 is 3.11. The molecule has 0 saturated carbocycles. The zero-order chi connectivity index (χ0) is 15.5. The molecule has 2 aromatic rings. The fraction of sp³-hybridized carbons (Fsp3) is 0.0833. The summed E-state index contributed by atoms with van der Waals surface area (Å²) in [7, 11) is -2.27. The molecule has 2 N–H and O–H groups in total. The molecule has 21 heavy (non-hydrogen) atoms. The first-order valence-electron chi connectivity index (χ1n) is 5.75. The van der Waals surface area contributed by atoms with Crippen LogP contribution < -0.4 is 10.0 Å². The summed E-state index contributed by atoms with van der Waals surface area (Å²) in [6.45, 7) is 0. The first-order chi connectivity index (χ1) is 9.92.